The van der Waals surface area contributed by atoms with Gasteiger partial charge in [0.25, 0.3) is 0 Å². The Morgan fingerprint density at radius 1 is 0.905 bits per heavy atom. The smallest absolute Gasteiger partial charge is 0.390 e. The van der Waals surface area contributed by atoms with E-state index in [0.717, 1.165) is 25.4 Å². The lowest BCUT2D eigenvalue weighted by Crippen LogP contribution is -2.48. The number of piperazine rings is 1. The van der Waals surface area contributed by atoms with Gasteiger partial charge in [-0.15, -0.1) is 0 Å². The molecule has 6 heteroatoms. The summed E-state index contributed by atoms with van der Waals surface area (Å²) in [4.78, 5) is 4.11. The molecule has 1 fully saturated rings. The molecule has 0 amide bonds. The number of hydrogen-bond donors (Lipinski definition) is 0. The highest BCUT2D eigenvalue weighted by Gasteiger charge is 2.28. The van der Waals surface area contributed by atoms with Crippen LogP contribution < -0.4 is 4.74 Å². The molecule has 1 heterocycles. The van der Waals surface area contributed by atoms with Crippen molar-refractivity contribution in [2.75, 3.05) is 45.9 Å². The molecule has 118 valence electrons. The maximum atomic E-state index is 12.2. The Morgan fingerprint density at radius 3 is 2.05 bits per heavy atom. The van der Waals surface area contributed by atoms with Gasteiger partial charge in [0, 0.05) is 39.3 Å². The van der Waals surface area contributed by atoms with Gasteiger partial charge in [-0.25, -0.2) is 0 Å². The predicted octanol–water partition coefficient (Wildman–Crippen LogP) is 2.64. The average Bonchev–Trinajstić information content (AvgIpc) is 2.47. The number of alkyl halides is 3. The van der Waals surface area contributed by atoms with Crippen molar-refractivity contribution in [3.63, 3.8) is 0 Å². The van der Waals surface area contributed by atoms with Crippen LogP contribution in [-0.4, -0.2) is 61.9 Å². The van der Waals surface area contributed by atoms with Gasteiger partial charge < -0.3 is 9.64 Å². The van der Waals surface area contributed by atoms with Gasteiger partial charge in [0.1, 0.15) is 12.4 Å². The van der Waals surface area contributed by atoms with Crippen LogP contribution in [0.25, 0.3) is 0 Å². The lowest BCUT2D eigenvalue weighted by molar-refractivity contribution is -0.138. The minimum atomic E-state index is -4.05. The van der Waals surface area contributed by atoms with Crippen molar-refractivity contribution in [1.29, 1.82) is 0 Å². The minimum absolute atomic E-state index is 0.109. The van der Waals surface area contributed by atoms with Crippen LogP contribution in [0.1, 0.15) is 6.42 Å². The van der Waals surface area contributed by atoms with Crippen LogP contribution in [0.4, 0.5) is 13.2 Å². The van der Waals surface area contributed by atoms with Crippen LogP contribution in [0.15, 0.2) is 30.3 Å². The first-order valence-electron chi connectivity index (χ1n) is 7.22. The second kappa shape index (κ2) is 7.66. The van der Waals surface area contributed by atoms with Crippen LogP contribution in [0.2, 0.25) is 0 Å². The van der Waals surface area contributed by atoms with Crippen molar-refractivity contribution >= 4 is 0 Å². The van der Waals surface area contributed by atoms with E-state index in [1.807, 2.05) is 35.2 Å². The van der Waals surface area contributed by atoms with Gasteiger partial charge >= 0.3 is 6.18 Å². The molecule has 0 spiro atoms. The van der Waals surface area contributed by atoms with Gasteiger partial charge in [-0.2, -0.15) is 13.2 Å². The summed E-state index contributed by atoms with van der Waals surface area (Å²) in [6, 6.07) is 9.61. The van der Waals surface area contributed by atoms with Gasteiger partial charge in [-0.1, -0.05) is 18.2 Å². The fourth-order valence-corrected chi connectivity index (χ4v) is 2.33. The molecule has 1 aromatic carbocycles. The van der Waals surface area contributed by atoms with E-state index < -0.39 is 12.6 Å². The van der Waals surface area contributed by atoms with Crippen molar-refractivity contribution in [1.82, 2.24) is 9.80 Å². The Bertz CT molecular complexity index is 403. The molecule has 0 saturated carbocycles. The van der Waals surface area contributed by atoms with Crippen LogP contribution in [0.3, 0.4) is 0 Å². The van der Waals surface area contributed by atoms with Gasteiger partial charge in [-0.05, 0) is 12.1 Å². The van der Waals surface area contributed by atoms with Crippen molar-refractivity contribution in [2.45, 2.75) is 12.6 Å². The average molecular weight is 302 g/mol. The zero-order chi connectivity index (χ0) is 15.1. The van der Waals surface area contributed by atoms with E-state index in [2.05, 4.69) is 4.90 Å². The molecule has 0 aliphatic carbocycles. The SMILES string of the molecule is FC(F)(F)CCN1CCN(CCOc2ccccc2)CC1. The molecule has 0 N–H and O–H groups in total. The first-order chi connectivity index (χ1) is 10.0. The molecule has 1 saturated heterocycles. The van der Waals surface area contributed by atoms with E-state index in [9.17, 15) is 13.2 Å². The summed E-state index contributed by atoms with van der Waals surface area (Å²) in [5.74, 6) is 0.848. The summed E-state index contributed by atoms with van der Waals surface area (Å²) in [7, 11) is 0. The van der Waals surface area contributed by atoms with Crippen LogP contribution >= 0.6 is 0 Å². The monoisotopic (exact) mass is 302 g/mol. The molecule has 0 atom stereocenters. The molecule has 1 aromatic rings. The molecule has 0 bridgehead atoms. The number of rotatable bonds is 6. The molecule has 2 rings (SSSR count). The maximum absolute atomic E-state index is 12.2. The van der Waals surface area contributed by atoms with E-state index in [1.165, 1.54) is 0 Å². The predicted molar refractivity (Wildman–Crippen MR) is 75.5 cm³/mol. The Balaban J connectivity index is 1.59. The van der Waals surface area contributed by atoms with Crippen LogP contribution in [-0.2, 0) is 0 Å². The number of hydrogen-bond acceptors (Lipinski definition) is 3. The summed E-state index contributed by atoms with van der Waals surface area (Å²) in [5, 5.41) is 0. The molecule has 1 aliphatic heterocycles. The molecule has 1 aliphatic rings. The van der Waals surface area contributed by atoms with Gasteiger partial charge in [-0.3, -0.25) is 4.90 Å². The number of para-hydroxylation sites is 1. The van der Waals surface area contributed by atoms with Crippen molar-refractivity contribution in [3.05, 3.63) is 30.3 Å². The van der Waals surface area contributed by atoms with E-state index in [-0.39, 0.29) is 6.54 Å². The number of ether oxygens (including phenoxy) is 1. The minimum Gasteiger partial charge on any atom is -0.492 e. The van der Waals surface area contributed by atoms with E-state index in [4.69, 9.17) is 4.74 Å². The van der Waals surface area contributed by atoms with E-state index in [0.29, 0.717) is 19.7 Å². The van der Waals surface area contributed by atoms with Crippen molar-refractivity contribution in [3.8, 4) is 5.75 Å². The molecule has 0 unspecified atom stereocenters. The fourth-order valence-electron chi connectivity index (χ4n) is 2.33. The van der Waals surface area contributed by atoms with Crippen LogP contribution in [0.5, 0.6) is 5.75 Å². The zero-order valence-corrected chi connectivity index (χ0v) is 12.0. The Labute approximate surface area is 123 Å². The fraction of sp³-hybridized carbons (Fsp3) is 0.600. The highest BCUT2D eigenvalue weighted by molar-refractivity contribution is 5.20. The normalized spacial score (nSPS) is 17.9. The lowest BCUT2D eigenvalue weighted by Gasteiger charge is -2.34. The third-order valence-electron chi connectivity index (χ3n) is 3.60. The van der Waals surface area contributed by atoms with Gasteiger partial charge in [0.15, 0.2) is 0 Å². The van der Waals surface area contributed by atoms with E-state index >= 15 is 0 Å². The largest absolute Gasteiger partial charge is 0.492 e. The summed E-state index contributed by atoms with van der Waals surface area (Å²) < 4.78 is 42.1. The number of benzene rings is 1. The zero-order valence-electron chi connectivity index (χ0n) is 12.0. The van der Waals surface area contributed by atoms with Crippen molar-refractivity contribution < 1.29 is 17.9 Å². The molecule has 21 heavy (non-hydrogen) atoms. The standard InChI is InChI=1S/C15H21F3N2O/c16-15(17,18)6-7-19-8-10-20(11-9-19)12-13-21-14-4-2-1-3-5-14/h1-5H,6-13H2. The molecular formula is C15H21F3N2O. The number of nitrogens with zero attached hydrogens (tertiary/aromatic N) is 2. The second-order valence-electron chi connectivity index (χ2n) is 5.21. The number of halogens is 3. The first kappa shape index (κ1) is 16.1. The molecule has 0 radical (unpaired) electrons. The molecular weight excluding hydrogens is 281 g/mol. The van der Waals surface area contributed by atoms with Gasteiger partial charge in [0.2, 0.25) is 0 Å². The Hall–Kier alpha value is -1.27. The van der Waals surface area contributed by atoms with Crippen molar-refractivity contribution in [2.24, 2.45) is 0 Å². The Morgan fingerprint density at radius 2 is 1.48 bits per heavy atom. The first-order valence-corrected chi connectivity index (χ1v) is 7.22. The summed E-state index contributed by atoms with van der Waals surface area (Å²) in [6.07, 6.45) is -4.77. The van der Waals surface area contributed by atoms with Crippen LogP contribution in [0, 0.1) is 0 Å². The third-order valence-corrected chi connectivity index (χ3v) is 3.60. The molecule has 0 aromatic heterocycles. The highest BCUT2D eigenvalue weighted by atomic mass is 19.4. The summed E-state index contributed by atoms with van der Waals surface area (Å²) in [5.41, 5.74) is 0. The quantitative estimate of drug-likeness (QED) is 0.803. The van der Waals surface area contributed by atoms with Gasteiger partial charge in [0.05, 0.1) is 6.42 Å². The molecule has 3 nitrogen and oxygen atoms in total. The third kappa shape index (κ3) is 6.35. The highest BCUT2D eigenvalue weighted by Crippen LogP contribution is 2.20. The lowest BCUT2D eigenvalue weighted by atomic mass is 10.3. The maximum Gasteiger partial charge on any atom is 0.390 e. The second-order valence-corrected chi connectivity index (χ2v) is 5.21. The Kier molecular flexibility index (Phi) is 5.87. The van der Waals surface area contributed by atoms with E-state index in [1.54, 1.807) is 0 Å². The summed E-state index contributed by atoms with van der Waals surface area (Å²) >= 11 is 0. The topological polar surface area (TPSA) is 15.7 Å². The summed E-state index contributed by atoms with van der Waals surface area (Å²) in [6.45, 7) is 4.52.